The van der Waals surface area contributed by atoms with E-state index in [9.17, 15) is 0 Å². The van der Waals surface area contributed by atoms with Crippen LogP contribution in [0.25, 0.3) is 11.0 Å². The third kappa shape index (κ3) is 1.84. The van der Waals surface area contributed by atoms with E-state index in [-0.39, 0.29) is 5.95 Å². The standard InChI is InChI=1S/C12H12N6/c13-11-7(6-15-12(14)18-11)5-10-16-8-3-1-2-4-9(8)17-10/h1-4,6H,5H2,(H,16,17)(H4,13,14,15,18). The van der Waals surface area contributed by atoms with Crippen LogP contribution in [0.2, 0.25) is 0 Å². The summed E-state index contributed by atoms with van der Waals surface area (Å²) >= 11 is 0. The minimum atomic E-state index is 0.181. The van der Waals surface area contributed by atoms with E-state index in [0.717, 1.165) is 22.4 Å². The molecule has 2 aromatic heterocycles. The van der Waals surface area contributed by atoms with Gasteiger partial charge in [-0.15, -0.1) is 0 Å². The SMILES string of the molecule is Nc1ncc(Cc2nc3ccccc3[nH]2)c(N)n1. The number of aromatic amines is 1. The lowest BCUT2D eigenvalue weighted by atomic mass is 10.2. The van der Waals surface area contributed by atoms with Crippen molar-refractivity contribution in [1.29, 1.82) is 0 Å². The van der Waals surface area contributed by atoms with Gasteiger partial charge in [-0.2, -0.15) is 4.98 Å². The molecule has 0 unspecified atom stereocenters. The van der Waals surface area contributed by atoms with Gasteiger partial charge in [0.25, 0.3) is 0 Å². The minimum Gasteiger partial charge on any atom is -0.383 e. The highest BCUT2D eigenvalue weighted by atomic mass is 15.0. The Morgan fingerprint density at radius 1 is 1.11 bits per heavy atom. The molecule has 5 N–H and O–H groups in total. The number of aromatic nitrogens is 4. The lowest BCUT2D eigenvalue weighted by molar-refractivity contribution is 1.01. The summed E-state index contributed by atoms with van der Waals surface area (Å²) < 4.78 is 0. The first-order valence-electron chi connectivity index (χ1n) is 5.53. The van der Waals surface area contributed by atoms with Crippen LogP contribution in [-0.2, 0) is 6.42 Å². The van der Waals surface area contributed by atoms with Crippen molar-refractivity contribution < 1.29 is 0 Å². The Bertz CT molecular complexity index is 670. The summed E-state index contributed by atoms with van der Waals surface area (Å²) in [6.07, 6.45) is 2.19. The topological polar surface area (TPSA) is 106 Å². The summed E-state index contributed by atoms with van der Waals surface area (Å²) in [5.74, 6) is 1.40. The molecule has 0 fully saturated rings. The van der Waals surface area contributed by atoms with Gasteiger partial charge in [0.05, 0.1) is 11.0 Å². The molecule has 0 aliphatic rings. The van der Waals surface area contributed by atoms with E-state index < -0.39 is 0 Å². The van der Waals surface area contributed by atoms with Crippen molar-refractivity contribution >= 4 is 22.8 Å². The minimum absolute atomic E-state index is 0.181. The molecule has 0 bridgehead atoms. The van der Waals surface area contributed by atoms with Gasteiger partial charge in [0.1, 0.15) is 11.6 Å². The van der Waals surface area contributed by atoms with Crippen LogP contribution in [0.1, 0.15) is 11.4 Å². The van der Waals surface area contributed by atoms with Gasteiger partial charge in [-0.3, -0.25) is 0 Å². The van der Waals surface area contributed by atoms with Crippen LogP contribution >= 0.6 is 0 Å². The summed E-state index contributed by atoms with van der Waals surface area (Å²) in [6.45, 7) is 0. The maximum Gasteiger partial charge on any atom is 0.221 e. The fourth-order valence-electron chi connectivity index (χ4n) is 1.84. The van der Waals surface area contributed by atoms with Crippen LogP contribution in [0, 0.1) is 0 Å². The van der Waals surface area contributed by atoms with Crippen molar-refractivity contribution in [3.8, 4) is 0 Å². The van der Waals surface area contributed by atoms with Crippen LogP contribution < -0.4 is 11.5 Å². The molecule has 6 heteroatoms. The summed E-state index contributed by atoms with van der Waals surface area (Å²) in [4.78, 5) is 15.6. The van der Waals surface area contributed by atoms with E-state index in [4.69, 9.17) is 11.5 Å². The van der Waals surface area contributed by atoms with Crippen molar-refractivity contribution in [3.63, 3.8) is 0 Å². The zero-order valence-corrected chi connectivity index (χ0v) is 9.59. The lowest BCUT2D eigenvalue weighted by Gasteiger charge is -2.02. The Kier molecular flexibility index (Phi) is 2.33. The smallest absolute Gasteiger partial charge is 0.221 e. The number of nitrogen functional groups attached to an aromatic ring is 2. The maximum absolute atomic E-state index is 5.79. The Hall–Kier alpha value is -2.63. The average molecular weight is 240 g/mol. The fraction of sp³-hybridized carbons (Fsp3) is 0.0833. The normalized spacial score (nSPS) is 10.9. The van der Waals surface area contributed by atoms with Crippen molar-refractivity contribution in [2.45, 2.75) is 6.42 Å². The molecule has 3 rings (SSSR count). The van der Waals surface area contributed by atoms with Gasteiger partial charge >= 0.3 is 0 Å². The number of nitrogens with zero attached hydrogens (tertiary/aromatic N) is 3. The molecular formula is C12H12N6. The summed E-state index contributed by atoms with van der Waals surface area (Å²) in [6, 6.07) is 7.85. The second kappa shape index (κ2) is 3.99. The van der Waals surface area contributed by atoms with Gasteiger partial charge in [0, 0.05) is 18.2 Å². The number of imidazole rings is 1. The Labute approximate surface area is 103 Å². The number of rotatable bonds is 2. The first-order valence-corrected chi connectivity index (χ1v) is 5.53. The van der Waals surface area contributed by atoms with Crippen LogP contribution in [0.4, 0.5) is 11.8 Å². The summed E-state index contributed by atoms with van der Waals surface area (Å²) in [5.41, 5.74) is 14.0. The number of hydrogen-bond acceptors (Lipinski definition) is 5. The lowest BCUT2D eigenvalue weighted by Crippen LogP contribution is -2.04. The molecule has 6 nitrogen and oxygen atoms in total. The molecule has 0 radical (unpaired) electrons. The van der Waals surface area contributed by atoms with Gasteiger partial charge < -0.3 is 16.5 Å². The number of hydrogen-bond donors (Lipinski definition) is 3. The van der Waals surface area contributed by atoms with Gasteiger partial charge in [-0.1, -0.05) is 12.1 Å². The van der Waals surface area contributed by atoms with Crippen molar-refractivity contribution in [2.24, 2.45) is 0 Å². The maximum atomic E-state index is 5.79. The average Bonchev–Trinajstić information content (AvgIpc) is 2.75. The summed E-state index contributed by atoms with van der Waals surface area (Å²) in [7, 11) is 0. The molecule has 1 aromatic carbocycles. The van der Waals surface area contributed by atoms with Crippen molar-refractivity contribution in [3.05, 3.63) is 41.9 Å². The molecule has 3 aromatic rings. The molecule has 90 valence electrons. The van der Waals surface area contributed by atoms with E-state index >= 15 is 0 Å². The Morgan fingerprint density at radius 2 is 1.94 bits per heavy atom. The Morgan fingerprint density at radius 3 is 2.72 bits per heavy atom. The zero-order chi connectivity index (χ0) is 12.5. The third-order valence-electron chi connectivity index (χ3n) is 2.71. The molecule has 0 amide bonds. The first kappa shape index (κ1) is 10.5. The van der Waals surface area contributed by atoms with E-state index in [1.54, 1.807) is 6.20 Å². The second-order valence-corrected chi connectivity index (χ2v) is 4.02. The monoisotopic (exact) mass is 240 g/mol. The number of para-hydroxylation sites is 2. The highest BCUT2D eigenvalue weighted by molar-refractivity contribution is 5.74. The molecule has 0 atom stereocenters. The van der Waals surface area contributed by atoms with Gasteiger partial charge in [0.2, 0.25) is 5.95 Å². The third-order valence-corrected chi connectivity index (χ3v) is 2.71. The zero-order valence-electron chi connectivity index (χ0n) is 9.59. The fourth-order valence-corrected chi connectivity index (χ4v) is 1.84. The van der Waals surface area contributed by atoms with Crippen LogP contribution in [-0.4, -0.2) is 19.9 Å². The molecule has 0 saturated carbocycles. The molecule has 0 aliphatic carbocycles. The van der Waals surface area contributed by atoms with Crippen molar-refractivity contribution in [2.75, 3.05) is 11.5 Å². The number of fused-ring (bicyclic) bond motifs is 1. The van der Waals surface area contributed by atoms with Crippen LogP contribution in [0.5, 0.6) is 0 Å². The molecular weight excluding hydrogens is 228 g/mol. The van der Waals surface area contributed by atoms with Crippen LogP contribution in [0.3, 0.4) is 0 Å². The number of nitrogens with one attached hydrogen (secondary N) is 1. The number of H-pyrrole nitrogens is 1. The number of benzene rings is 1. The van der Waals surface area contributed by atoms with Crippen LogP contribution in [0.15, 0.2) is 30.5 Å². The summed E-state index contributed by atoms with van der Waals surface area (Å²) in [5, 5.41) is 0. The number of anilines is 2. The molecule has 18 heavy (non-hydrogen) atoms. The largest absolute Gasteiger partial charge is 0.383 e. The molecule has 0 aliphatic heterocycles. The van der Waals surface area contributed by atoms with Crippen molar-refractivity contribution in [1.82, 2.24) is 19.9 Å². The quantitative estimate of drug-likeness (QED) is 0.622. The van der Waals surface area contributed by atoms with E-state index in [0.29, 0.717) is 12.2 Å². The molecule has 0 spiro atoms. The number of nitrogens with two attached hydrogens (primary N) is 2. The Balaban J connectivity index is 1.96. The van der Waals surface area contributed by atoms with Gasteiger partial charge in [-0.05, 0) is 12.1 Å². The van der Waals surface area contributed by atoms with Gasteiger partial charge in [0.15, 0.2) is 0 Å². The molecule has 2 heterocycles. The highest BCUT2D eigenvalue weighted by Crippen LogP contribution is 2.16. The van der Waals surface area contributed by atoms with Gasteiger partial charge in [-0.25, -0.2) is 9.97 Å². The second-order valence-electron chi connectivity index (χ2n) is 4.02. The first-order chi connectivity index (χ1) is 8.72. The predicted octanol–water partition coefficient (Wildman–Crippen LogP) is 1.11. The highest BCUT2D eigenvalue weighted by Gasteiger charge is 2.07. The predicted molar refractivity (Wildman–Crippen MR) is 69.8 cm³/mol. The molecule has 0 saturated heterocycles. The van der Waals surface area contributed by atoms with E-state index in [1.807, 2.05) is 24.3 Å². The van der Waals surface area contributed by atoms with E-state index in [1.165, 1.54) is 0 Å². The van der Waals surface area contributed by atoms with E-state index in [2.05, 4.69) is 19.9 Å².